The Morgan fingerprint density at radius 2 is 1.81 bits per heavy atom. The van der Waals surface area contributed by atoms with Gasteiger partial charge in [-0.25, -0.2) is 9.97 Å². The van der Waals surface area contributed by atoms with Gasteiger partial charge in [-0.15, -0.1) is 0 Å². The lowest BCUT2D eigenvalue weighted by Gasteiger charge is -2.13. The van der Waals surface area contributed by atoms with Gasteiger partial charge in [0.05, 0.1) is 0 Å². The third-order valence-electron chi connectivity index (χ3n) is 3.22. The molecule has 0 bridgehead atoms. The Morgan fingerprint density at radius 3 is 2.48 bits per heavy atom. The predicted molar refractivity (Wildman–Crippen MR) is 89.4 cm³/mol. The molecule has 4 heteroatoms. The summed E-state index contributed by atoms with van der Waals surface area (Å²) in [5, 5.41) is 6.73. The zero-order valence-corrected chi connectivity index (χ0v) is 13.3. The molecule has 1 aromatic carbocycles. The van der Waals surface area contributed by atoms with E-state index in [4.69, 9.17) is 0 Å². The van der Waals surface area contributed by atoms with Crippen LogP contribution in [0.1, 0.15) is 44.5 Å². The molecule has 0 aliphatic carbocycles. The van der Waals surface area contributed by atoms with Crippen LogP contribution < -0.4 is 10.6 Å². The van der Waals surface area contributed by atoms with Crippen LogP contribution in [0.5, 0.6) is 0 Å². The van der Waals surface area contributed by atoms with Crippen molar-refractivity contribution < 1.29 is 0 Å². The SMILES string of the molecule is CCCNc1cc(Nc2ccccc2C)nc(C(C)C)n1. The third-order valence-corrected chi connectivity index (χ3v) is 3.22. The predicted octanol–water partition coefficient (Wildman–Crippen LogP) is 4.47. The van der Waals surface area contributed by atoms with Crippen molar-refractivity contribution in [2.45, 2.75) is 40.0 Å². The lowest BCUT2D eigenvalue weighted by atomic mass is 10.2. The van der Waals surface area contributed by atoms with Crippen LogP contribution in [0, 0.1) is 6.92 Å². The zero-order chi connectivity index (χ0) is 15.2. The fraction of sp³-hybridized carbons (Fsp3) is 0.412. The van der Waals surface area contributed by atoms with Gasteiger partial charge in [-0.1, -0.05) is 39.0 Å². The lowest BCUT2D eigenvalue weighted by Crippen LogP contribution is -2.08. The van der Waals surface area contributed by atoms with Crippen LogP contribution in [0.4, 0.5) is 17.3 Å². The molecule has 2 aromatic rings. The molecule has 0 unspecified atom stereocenters. The average molecular weight is 284 g/mol. The minimum absolute atomic E-state index is 0.297. The molecule has 4 nitrogen and oxygen atoms in total. The Bertz CT molecular complexity index is 593. The van der Waals surface area contributed by atoms with Crippen LogP contribution in [0.2, 0.25) is 0 Å². The van der Waals surface area contributed by atoms with Gasteiger partial charge in [0.15, 0.2) is 0 Å². The summed E-state index contributed by atoms with van der Waals surface area (Å²) in [6.07, 6.45) is 1.07. The number of rotatable bonds is 6. The van der Waals surface area contributed by atoms with E-state index in [1.54, 1.807) is 0 Å². The Balaban J connectivity index is 2.29. The van der Waals surface area contributed by atoms with E-state index in [0.29, 0.717) is 5.92 Å². The van der Waals surface area contributed by atoms with Crippen LogP contribution in [0.15, 0.2) is 30.3 Å². The summed E-state index contributed by atoms with van der Waals surface area (Å²) in [5.74, 6) is 2.87. The maximum absolute atomic E-state index is 4.62. The Morgan fingerprint density at radius 1 is 1.10 bits per heavy atom. The van der Waals surface area contributed by atoms with Gasteiger partial charge < -0.3 is 10.6 Å². The van der Waals surface area contributed by atoms with Gasteiger partial charge in [0.25, 0.3) is 0 Å². The standard InChI is InChI=1S/C17H24N4/c1-5-10-18-15-11-16(21-17(20-15)12(2)3)19-14-9-7-6-8-13(14)4/h6-9,11-12H,5,10H2,1-4H3,(H2,18,19,20,21). The van der Waals surface area contributed by atoms with Gasteiger partial charge >= 0.3 is 0 Å². The molecule has 0 aliphatic rings. The number of nitrogens with zero attached hydrogens (tertiary/aromatic N) is 2. The fourth-order valence-corrected chi connectivity index (χ4v) is 1.98. The smallest absolute Gasteiger partial charge is 0.136 e. The zero-order valence-electron chi connectivity index (χ0n) is 13.3. The average Bonchev–Trinajstić information content (AvgIpc) is 2.47. The molecule has 0 aliphatic heterocycles. The molecule has 0 saturated heterocycles. The van der Waals surface area contributed by atoms with Crippen LogP contribution in [-0.2, 0) is 0 Å². The topological polar surface area (TPSA) is 49.8 Å². The number of hydrogen-bond donors (Lipinski definition) is 2. The summed E-state index contributed by atoms with van der Waals surface area (Å²) >= 11 is 0. The molecule has 0 atom stereocenters. The van der Waals surface area contributed by atoms with Crippen molar-refractivity contribution >= 4 is 17.3 Å². The lowest BCUT2D eigenvalue weighted by molar-refractivity contribution is 0.775. The van der Waals surface area contributed by atoms with Crippen LogP contribution in [0.25, 0.3) is 0 Å². The quantitative estimate of drug-likeness (QED) is 0.821. The third kappa shape index (κ3) is 4.18. The first-order valence-corrected chi connectivity index (χ1v) is 7.55. The minimum Gasteiger partial charge on any atom is -0.370 e. The van der Waals surface area contributed by atoms with Crippen molar-refractivity contribution in [3.63, 3.8) is 0 Å². The number of aryl methyl sites for hydroxylation is 1. The Kier molecular flexibility index (Phi) is 5.14. The summed E-state index contributed by atoms with van der Waals surface area (Å²) in [6, 6.07) is 10.2. The Hall–Kier alpha value is -2.10. The fourth-order valence-electron chi connectivity index (χ4n) is 1.98. The highest BCUT2D eigenvalue weighted by atomic mass is 15.1. The number of nitrogens with one attached hydrogen (secondary N) is 2. The van der Waals surface area contributed by atoms with Gasteiger partial charge in [0.1, 0.15) is 17.5 Å². The Labute approximate surface area is 127 Å². The molecule has 0 amide bonds. The van der Waals surface area contributed by atoms with Gasteiger partial charge in [-0.2, -0.15) is 0 Å². The first-order valence-electron chi connectivity index (χ1n) is 7.55. The number of hydrogen-bond acceptors (Lipinski definition) is 4. The largest absolute Gasteiger partial charge is 0.370 e. The molecular weight excluding hydrogens is 260 g/mol. The van der Waals surface area contributed by atoms with Crippen molar-refractivity contribution in [3.8, 4) is 0 Å². The second-order valence-corrected chi connectivity index (χ2v) is 5.52. The summed E-state index contributed by atoms with van der Waals surface area (Å²) in [7, 11) is 0. The molecular formula is C17H24N4. The van der Waals surface area contributed by atoms with Gasteiger partial charge in [-0.3, -0.25) is 0 Å². The summed E-state index contributed by atoms with van der Waals surface area (Å²) in [5.41, 5.74) is 2.28. The highest BCUT2D eigenvalue weighted by molar-refractivity contribution is 5.62. The molecule has 112 valence electrons. The highest BCUT2D eigenvalue weighted by Gasteiger charge is 2.08. The molecule has 2 N–H and O–H groups in total. The van der Waals surface area contributed by atoms with E-state index < -0.39 is 0 Å². The van der Waals surface area contributed by atoms with E-state index in [1.807, 2.05) is 18.2 Å². The van der Waals surface area contributed by atoms with Crippen LogP contribution >= 0.6 is 0 Å². The van der Waals surface area contributed by atoms with Crippen molar-refractivity contribution in [2.24, 2.45) is 0 Å². The van der Waals surface area contributed by atoms with Crippen molar-refractivity contribution in [3.05, 3.63) is 41.7 Å². The van der Waals surface area contributed by atoms with E-state index in [2.05, 4.69) is 60.4 Å². The van der Waals surface area contributed by atoms with E-state index >= 15 is 0 Å². The summed E-state index contributed by atoms with van der Waals surface area (Å²) in [6.45, 7) is 9.36. The molecule has 0 fully saturated rings. The molecule has 21 heavy (non-hydrogen) atoms. The minimum atomic E-state index is 0.297. The second-order valence-electron chi connectivity index (χ2n) is 5.52. The number of anilines is 3. The molecule has 1 aromatic heterocycles. The first kappa shape index (κ1) is 15.3. The van der Waals surface area contributed by atoms with Crippen LogP contribution in [0.3, 0.4) is 0 Å². The number of aromatic nitrogens is 2. The number of benzene rings is 1. The molecule has 2 rings (SSSR count). The van der Waals surface area contributed by atoms with Crippen molar-refractivity contribution in [1.82, 2.24) is 9.97 Å². The molecule has 0 radical (unpaired) electrons. The molecule has 0 saturated carbocycles. The van der Waals surface area contributed by atoms with Crippen molar-refractivity contribution in [2.75, 3.05) is 17.2 Å². The van der Waals surface area contributed by atoms with Gasteiger partial charge in [-0.05, 0) is 25.0 Å². The molecule has 0 spiro atoms. The number of para-hydroxylation sites is 1. The second kappa shape index (κ2) is 7.07. The highest BCUT2D eigenvalue weighted by Crippen LogP contribution is 2.22. The summed E-state index contributed by atoms with van der Waals surface area (Å²) < 4.78 is 0. The van der Waals surface area contributed by atoms with Gasteiger partial charge in [0.2, 0.25) is 0 Å². The van der Waals surface area contributed by atoms with Gasteiger partial charge in [0, 0.05) is 24.2 Å². The maximum Gasteiger partial charge on any atom is 0.136 e. The summed E-state index contributed by atoms with van der Waals surface area (Å²) in [4.78, 5) is 9.19. The van der Waals surface area contributed by atoms with E-state index in [0.717, 1.165) is 36.1 Å². The normalized spacial score (nSPS) is 10.7. The van der Waals surface area contributed by atoms with Crippen molar-refractivity contribution in [1.29, 1.82) is 0 Å². The van der Waals surface area contributed by atoms with Crippen LogP contribution in [-0.4, -0.2) is 16.5 Å². The van der Waals surface area contributed by atoms with E-state index in [-0.39, 0.29) is 0 Å². The maximum atomic E-state index is 4.62. The first-order chi connectivity index (χ1) is 10.1. The monoisotopic (exact) mass is 284 g/mol. The molecule has 1 heterocycles. The van der Waals surface area contributed by atoms with E-state index in [9.17, 15) is 0 Å². The van der Waals surface area contributed by atoms with E-state index in [1.165, 1.54) is 5.56 Å².